The molecular formula is C16H13N7O2. The van der Waals surface area contributed by atoms with E-state index in [1.54, 1.807) is 35.9 Å². The Hall–Kier alpha value is -3.62. The van der Waals surface area contributed by atoms with Crippen LogP contribution in [0, 0.1) is 6.92 Å². The molecule has 0 aliphatic carbocycles. The summed E-state index contributed by atoms with van der Waals surface area (Å²) in [5, 5.41) is 14.9. The molecule has 0 atom stereocenters. The summed E-state index contributed by atoms with van der Waals surface area (Å²) in [6.07, 6.45) is 4.95. The van der Waals surface area contributed by atoms with Crippen LogP contribution in [0.5, 0.6) is 0 Å². The molecule has 0 unspecified atom stereocenters. The van der Waals surface area contributed by atoms with Gasteiger partial charge in [-0.05, 0) is 31.2 Å². The number of fused-ring (bicyclic) bond motifs is 1. The van der Waals surface area contributed by atoms with Gasteiger partial charge in [-0.25, -0.2) is 0 Å². The second-order valence-electron chi connectivity index (χ2n) is 5.30. The van der Waals surface area contributed by atoms with Crippen molar-refractivity contribution < 1.29 is 9.32 Å². The Morgan fingerprint density at radius 2 is 2.08 bits per heavy atom. The van der Waals surface area contributed by atoms with Crippen molar-refractivity contribution in [1.29, 1.82) is 0 Å². The summed E-state index contributed by atoms with van der Waals surface area (Å²) in [6.45, 7) is 1.98. The molecule has 25 heavy (non-hydrogen) atoms. The Morgan fingerprint density at radius 3 is 2.84 bits per heavy atom. The standard InChI is InChI=1S/C16H13N7O2/c1-10-19-16(25-22-10)12-3-2-8-23-13(20-21-14(12)23)9-18-15(24)11-4-6-17-7-5-11/h2-8H,9H2,1H3,(H,18,24). The maximum absolute atomic E-state index is 12.1. The highest BCUT2D eigenvalue weighted by Crippen LogP contribution is 2.22. The van der Waals surface area contributed by atoms with E-state index in [-0.39, 0.29) is 12.5 Å². The normalized spacial score (nSPS) is 10.9. The molecule has 0 saturated heterocycles. The number of aromatic nitrogens is 6. The molecule has 0 radical (unpaired) electrons. The largest absolute Gasteiger partial charge is 0.345 e. The number of hydrogen-bond acceptors (Lipinski definition) is 7. The van der Waals surface area contributed by atoms with Gasteiger partial charge in [0.25, 0.3) is 11.8 Å². The van der Waals surface area contributed by atoms with Crippen molar-refractivity contribution in [3.05, 3.63) is 60.1 Å². The molecule has 0 saturated carbocycles. The molecule has 4 heterocycles. The summed E-state index contributed by atoms with van der Waals surface area (Å²) >= 11 is 0. The van der Waals surface area contributed by atoms with Gasteiger partial charge in [-0.15, -0.1) is 10.2 Å². The molecular weight excluding hydrogens is 322 g/mol. The van der Waals surface area contributed by atoms with Crippen LogP contribution in [0.4, 0.5) is 0 Å². The van der Waals surface area contributed by atoms with E-state index in [0.717, 1.165) is 0 Å². The quantitative estimate of drug-likeness (QED) is 0.600. The van der Waals surface area contributed by atoms with Crippen LogP contribution >= 0.6 is 0 Å². The minimum atomic E-state index is -0.206. The number of nitrogens with zero attached hydrogens (tertiary/aromatic N) is 6. The minimum absolute atomic E-state index is 0.206. The first-order valence-corrected chi connectivity index (χ1v) is 7.54. The average molecular weight is 335 g/mol. The van der Waals surface area contributed by atoms with Gasteiger partial charge in [0.1, 0.15) is 0 Å². The number of rotatable bonds is 4. The fraction of sp³-hybridized carbons (Fsp3) is 0.125. The van der Waals surface area contributed by atoms with Crippen molar-refractivity contribution in [3.8, 4) is 11.5 Å². The van der Waals surface area contributed by atoms with Gasteiger partial charge in [-0.3, -0.25) is 14.2 Å². The van der Waals surface area contributed by atoms with E-state index in [1.807, 2.05) is 18.3 Å². The molecule has 0 spiro atoms. The number of amides is 1. The van der Waals surface area contributed by atoms with Crippen LogP contribution < -0.4 is 5.32 Å². The highest BCUT2D eigenvalue weighted by Gasteiger charge is 2.15. The fourth-order valence-corrected chi connectivity index (χ4v) is 2.42. The molecule has 1 amide bonds. The summed E-state index contributed by atoms with van der Waals surface area (Å²) in [5.41, 5.74) is 1.80. The monoisotopic (exact) mass is 335 g/mol. The zero-order chi connectivity index (χ0) is 17.2. The molecule has 0 aromatic carbocycles. The molecule has 0 fully saturated rings. The zero-order valence-electron chi connectivity index (χ0n) is 13.2. The summed E-state index contributed by atoms with van der Waals surface area (Å²) in [6, 6.07) is 6.95. The lowest BCUT2D eigenvalue weighted by molar-refractivity contribution is 0.0949. The lowest BCUT2D eigenvalue weighted by Gasteiger charge is -2.04. The van der Waals surface area contributed by atoms with E-state index in [0.29, 0.717) is 34.3 Å². The first kappa shape index (κ1) is 14.9. The Morgan fingerprint density at radius 1 is 1.24 bits per heavy atom. The number of hydrogen-bond donors (Lipinski definition) is 1. The lowest BCUT2D eigenvalue weighted by Crippen LogP contribution is -2.23. The minimum Gasteiger partial charge on any atom is -0.345 e. The summed E-state index contributed by atoms with van der Waals surface area (Å²) in [7, 11) is 0. The molecule has 9 nitrogen and oxygen atoms in total. The summed E-state index contributed by atoms with van der Waals surface area (Å²) in [4.78, 5) is 20.2. The van der Waals surface area contributed by atoms with Gasteiger partial charge in [-0.2, -0.15) is 4.98 Å². The Labute approximate surface area is 141 Å². The Balaban J connectivity index is 1.60. The molecule has 4 aromatic rings. The van der Waals surface area contributed by atoms with Crippen molar-refractivity contribution >= 4 is 11.6 Å². The van der Waals surface area contributed by atoms with Gasteiger partial charge in [0.2, 0.25) is 0 Å². The van der Waals surface area contributed by atoms with Gasteiger partial charge < -0.3 is 9.84 Å². The second-order valence-corrected chi connectivity index (χ2v) is 5.30. The van der Waals surface area contributed by atoms with Crippen LogP contribution in [0.1, 0.15) is 22.0 Å². The van der Waals surface area contributed by atoms with Crippen molar-refractivity contribution in [2.75, 3.05) is 0 Å². The van der Waals surface area contributed by atoms with Gasteiger partial charge in [0.05, 0.1) is 12.1 Å². The average Bonchev–Trinajstić information content (AvgIpc) is 3.26. The van der Waals surface area contributed by atoms with Crippen LogP contribution in [-0.2, 0) is 6.54 Å². The number of carbonyl (C=O) groups excluding carboxylic acids is 1. The topological polar surface area (TPSA) is 111 Å². The van der Waals surface area contributed by atoms with Crippen LogP contribution in [0.15, 0.2) is 47.4 Å². The number of pyridine rings is 2. The fourth-order valence-electron chi connectivity index (χ4n) is 2.42. The highest BCUT2D eigenvalue weighted by atomic mass is 16.5. The van der Waals surface area contributed by atoms with Crippen molar-refractivity contribution in [1.82, 2.24) is 35.0 Å². The maximum atomic E-state index is 12.1. The molecule has 0 bridgehead atoms. The second kappa shape index (κ2) is 6.11. The molecule has 124 valence electrons. The third kappa shape index (κ3) is 2.82. The zero-order valence-corrected chi connectivity index (χ0v) is 13.2. The predicted octanol–water partition coefficient (Wildman–Crippen LogP) is 1.41. The Kier molecular flexibility index (Phi) is 3.65. The van der Waals surface area contributed by atoms with E-state index in [4.69, 9.17) is 4.52 Å². The van der Waals surface area contributed by atoms with E-state index < -0.39 is 0 Å². The van der Waals surface area contributed by atoms with Gasteiger partial charge >= 0.3 is 0 Å². The molecule has 1 N–H and O–H groups in total. The first-order valence-electron chi connectivity index (χ1n) is 7.54. The number of carbonyl (C=O) groups is 1. The predicted molar refractivity (Wildman–Crippen MR) is 86.4 cm³/mol. The molecule has 4 rings (SSSR count). The van der Waals surface area contributed by atoms with Crippen LogP contribution in [-0.4, -0.2) is 35.6 Å². The van der Waals surface area contributed by atoms with Gasteiger partial charge in [-0.1, -0.05) is 5.16 Å². The van der Waals surface area contributed by atoms with Crippen molar-refractivity contribution in [2.45, 2.75) is 13.5 Å². The van der Waals surface area contributed by atoms with E-state index in [9.17, 15) is 4.79 Å². The van der Waals surface area contributed by atoms with Crippen LogP contribution in [0.25, 0.3) is 17.1 Å². The van der Waals surface area contributed by atoms with Gasteiger partial charge in [0.15, 0.2) is 17.3 Å². The lowest BCUT2D eigenvalue weighted by atomic mass is 10.2. The van der Waals surface area contributed by atoms with Crippen LogP contribution in [0.3, 0.4) is 0 Å². The Bertz CT molecular complexity index is 1040. The summed E-state index contributed by atoms with van der Waals surface area (Å²) in [5.74, 6) is 1.31. The van der Waals surface area contributed by atoms with Crippen LogP contribution in [0.2, 0.25) is 0 Å². The summed E-state index contributed by atoms with van der Waals surface area (Å²) < 4.78 is 6.99. The molecule has 0 aliphatic heterocycles. The van der Waals surface area contributed by atoms with E-state index >= 15 is 0 Å². The number of aryl methyl sites for hydroxylation is 1. The maximum Gasteiger partial charge on any atom is 0.261 e. The molecule has 4 aromatic heterocycles. The van der Waals surface area contributed by atoms with Crippen molar-refractivity contribution in [3.63, 3.8) is 0 Å². The van der Waals surface area contributed by atoms with Gasteiger partial charge in [0, 0.05) is 24.2 Å². The SMILES string of the molecule is Cc1noc(-c2cccn3c(CNC(=O)c4ccncc4)nnc23)n1. The third-order valence-corrected chi connectivity index (χ3v) is 3.61. The highest BCUT2D eigenvalue weighted by molar-refractivity contribution is 5.93. The third-order valence-electron chi connectivity index (χ3n) is 3.61. The molecule has 0 aliphatic rings. The first-order chi connectivity index (χ1) is 12.2. The number of nitrogens with one attached hydrogen (secondary N) is 1. The molecule has 9 heteroatoms. The smallest absolute Gasteiger partial charge is 0.261 e. The van der Waals surface area contributed by atoms with Crippen molar-refractivity contribution in [2.24, 2.45) is 0 Å². The van der Waals surface area contributed by atoms with E-state index in [2.05, 4.69) is 30.6 Å². The van der Waals surface area contributed by atoms with E-state index in [1.165, 1.54) is 0 Å².